The Balaban J connectivity index is 1.57. The van der Waals surface area contributed by atoms with Gasteiger partial charge in [-0.25, -0.2) is 13.1 Å². The fourth-order valence-corrected chi connectivity index (χ4v) is 4.38. The van der Waals surface area contributed by atoms with Crippen LogP contribution >= 0.6 is 0 Å². The van der Waals surface area contributed by atoms with Crippen molar-refractivity contribution < 1.29 is 27.5 Å². The molecule has 0 bridgehead atoms. The number of hydrogen-bond acceptors (Lipinski definition) is 7. The highest BCUT2D eigenvalue weighted by Crippen LogP contribution is 2.22. The molecule has 3 aromatic rings. The van der Waals surface area contributed by atoms with Crippen LogP contribution in [0.5, 0.6) is 5.75 Å². The lowest BCUT2D eigenvalue weighted by atomic mass is 10.3. The van der Waals surface area contributed by atoms with Crippen LogP contribution in [0.25, 0.3) is 5.69 Å². The second-order valence-electron chi connectivity index (χ2n) is 7.47. The van der Waals surface area contributed by atoms with Crippen molar-refractivity contribution in [1.82, 2.24) is 14.5 Å². The number of sulfonamides is 1. The fourth-order valence-electron chi connectivity index (χ4n) is 3.19. The summed E-state index contributed by atoms with van der Waals surface area (Å²) < 4.78 is 38.9. The van der Waals surface area contributed by atoms with Crippen LogP contribution in [-0.2, 0) is 24.3 Å². The molecule has 11 heteroatoms. The summed E-state index contributed by atoms with van der Waals surface area (Å²) in [4.78, 5) is 24.6. The van der Waals surface area contributed by atoms with Crippen molar-refractivity contribution in [3.63, 3.8) is 0 Å². The van der Waals surface area contributed by atoms with Gasteiger partial charge in [0.2, 0.25) is 10.0 Å². The van der Waals surface area contributed by atoms with Gasteiger partial charge in [-0.3, -0.25) is 9.59 Å². The number of amides is 1. The maximum atomic E-state index is 12.5. The normalized spacial score (nSPS) is 12.1. The molecule has 0 aliphatic heterocycles. The molecule has 180 valence electrons. The van der Waals surface area contributed by atoms with Crippen LogP contribution in [-0.4, -0.2) is 49.8 Å². The van der Waals surface area contributed by atoms with Crippen molar-refractivity contribution in [2.45, 2.75) is 31.7 Å². The quantitative estimate of drug-likeness (QED) is 0.444. The number of aryl methyl sites for hydroxylation is 1. The number of anilines is 1. The van der Waals surface area contributed by atoms with Crippen LogP contribution in [0.15, 0.2) is 59.5 Å². The molecule has 1 unspecified atom stereocenters. The van der Waals surface area contributed by atoms with Gasteiger partial charge >= 0.3 is 5.97 Å². The van der Waals surface area contributed by atoms with Crippen molar-refractivity contribution in [1.29, 1.82) is 0 Å². The molecule has 34 heavy (non-hydrogen) atoms. The number of hydrogen-bond donors (Lipinski definition) is 2. The first kappa shape index (κ1) is 24.9. The number of carbonyl (C=O) groups is 2. The van der Waals surface area contributed by atoms with E-state index < -0.39 is 34.5 Å². The molecule has 3 rings (SSSR count). The van der Waals surface area contributed by atoms with Gasteiger partial charge in [-0.05, 0) is 57.2 Å². The second-order valence-corrected chi connectivity index (χ2v) is 9.18. The Morgan fingerprint density at radius 2 is 1.71 bits per heavy atom. The smallest absolute Gasteiger partial charge is 0.324 e. The summed E-state index contributed by atoms with van der Waals surface area (Å²) >= 11 is 0. The number of rotatable bonds is 9. The van der Waals surface area contributed by atoms with E-state index in [1.807, 2.05) is 37.3 Å². The maximum absolute atomic E-state index is 12.5. The van der Waals surface area contributed by atoms with E-state index in [1.165, 1.54) is 38.3 Å². The summed E-state index contributed by atoms with van der Waals surface area (Å²) in [7, 11) is -2.50. The number of nitrogens with one attached hydrogen (secondary N) is 2. The standard InChI is InChI=1S/C23H26N4O6S/c1-15-22(17(3)27(25-15)18-8-6-5-7-9-18)24-21(28)14-33-23(29)16(2)26-34(30,31)20-12-10-19(32-4)11-13-20/h5-13,16,26H,14H2,1-4H3,(H,24,28). The molecule has 1 aromatic heterocycles. The summed E-state index contributed by atoms with van der Waals surface area (Å²) in [6, 6.07) is 13.9. The zero-order chi connectivity index (χ0) is 24.9. The molecular formula is C23H26N4O6S. The minimum absolute atomic E-state index is 0.0351. The van der Waals surface area contributed by atoms with E-state index in [2.05, 4.69) is 15.1 Å². The van der Waals surface area contributed by atoms with Crippen molar-refractivity contribution in [2.75, 3.05) is 19.0 Å². The molecule has 0 radical (unpaired) electrons. The molecule has 2 N–H and O–H groups in total. The monoisotopic (exact) mass is 486 g/mol. The van der Waals surface area contributed by atoms with Crippen LogP contribution in [0.3, 0.4) is 0 Å². The molecule has 2 aromatic carbocycles. The van der Waals surface area contributed by atoms with E-state index in [4.69, 9.17) is 9.47 Å². The second kappa shape index (κ2) is 10.5. The largest absolute Gasteiger partial charge is 0.497 e. The Bertz CT molecular complexity index is 1270. The summed E-state index contributed by atoms with van der Waals surface area (Å²) in [5.41, 5.74) is 2.66. The lowest BCUT2D eigenvalue weighted by Crippen LogP contribution is -2.40. The molecule has 10 nitrogen and oxygen atoms in total. The molecule has 0 saturated heterocycles. The average molecular weight is 487 g/mol. The van der Waals surface area contributed by atoms with Gasteiger partial charge in [0.1, 0.15) is 11.8 Å². The number of benzene rings is 2. The molecule has 0 fully saturated rings. The average Bonchev–Trinajstić information content (AvgIpc) is 3.11. The maximum Gasteiger partial charge on any atom is 0.324 e. The molecule has 0 saturated carbocycles. The van der Waals surface area contributed by atoms with Gasteiger partial charge in [-0.1, -0.05) is 18.2 Å². The number of aromatic nitrogens is 2. The highest BCUT2D eigenvalue weighted by atomic mass is 32.2. The summed E-state index contributed by atoms with van der Waals surface area (Å²) in [5.74, 6) is -0.963. The highest BCUT2D eigenvalue weighted by molar-refractivity contribution is 7.89. The SMILES string of the molecule is COc1ccc(S(=O)(=O)NC(C)C(=O)OCC(=O)Nc2c(C)nn(-c3ccccc3)c2C)cc1. The molecular weight excluding hydrogens is 460 g/mol. The number of esters is 1. The van der Waals surface area contributed by atoms with Gasteiger partial charge in [0, 0.05) is 0 Å². The number of nitrogens with zero attached hydrogens (tertiary/aromatic N) is 2. The van der Waals surface area contributed by atoms with Crippen molar-refractivity contribution in [3.05, 3.63) is 66.0 Å². The fraction of sp³-hybridized carbons (Fsp3) is 0.261. The van der Waals surface area contributed by atoms with E-state index in [9.17, 15) is 18.0 Å². The first-order valence-electron chi connectivity index (χ1n) is 10.4. The van der Waals surface area contributed by atoms with Gasteiger partial charge in [-0.2, -0.15) is 9.82 Å². The van der Waals surface area contributed by atoms with Crippen LogP contribution in [0.4, 0.5) is 5.69 Å². The topological polar surface area (TPSA) is 129 Å². The lowest BCUT2D eigenvalue weighted by Gasteiger charge is -2.14. The minimum Gasteiger partial charge on any atom is -0.497 e. The van der Waals surface area contributed by atoms with E-state index in [-0.39, 0.29) is 4.90 Å². The number of carbonyl (C=O) groups excluding carboxylic acids is 2. The number of para-hydroxylation sites is 1. The molecule has 1 heterocycles. The summed E-state index contributed by atoms with van der Waals surface area (Å²) in [6.45, 7) is 4.32. The van der Waals surface area contributed by atoms with Gasteiger partial charge < -0.3 is 14.8 Å². The third-order valence-electron chi connectivity index (χ3n) is 4.96. The zero-order valence-electron chi connectivity index (χ0n) is 19.2. The van der Waals surface area contributed by atoms with Gasteiger partial charge in [0.25, 0.3) is 5.91 Å². The third kappa shape index (κ3) is 5.80. The molecule has 0 aliphatic rings. The predicted octanol–water partition coefficient (Wildman–Crippen LogP) is 2.35. The first-order valence-corrected chi connectivity index (χ1v) is 11.8. The molecule has 0 aliphatic carbocycles. The van der Waals surface area contributed by atoms with Crippen molar-refractivity contribution in [3.8, 4) is 11.4 Å². The van der Waals surface area contributed by atoms with Gasteiger partial charge in [-0.15, -0.1) is 0 Å². The molecule has 1 amide bonds. The lowest BCUT2D eigenvalue weighted by molar-refractivity contribution is -0.148. The Morgan fingerprint density at radius 3 is 2.32 bits per heavy atom. The first-order chi connectivity index (χ1) is 16.1. The molecule has 1 atom stereocenters. The van der Waals surface area contributed by atoms with E-state index in [0.717, 1.165) is 5.69 Å². The van der Waals surface area contributed by atoms with Gasteiger partial charge in [0.15, 0.2) is 6.61 Å². The number of ether oxygens (including phenoxy) is 2. The zero-order valence-corrected chi connectivity index (χ0v) is 20.0. The highest BCUT2D eigenvalue weighted by Gasteiger charge is 2.24. The Hall–Kier alpha value is -3.70. The van der Waals surface area contributed by atoms with E-state index in [1.54, 1.807) is 11.6 Å². The summed E-state index contributed by atoms with van der Waals surface area (Å²) in [5, 5.41) is 7.14. The Labute approximate surface area is 197 Å². The predicted molar refractivity (Wildman–Crippen MR) is 125 cm³/mol. The van der Waals surface area contributed by atoms with Gasteiger partial charge in [0.05, 0.1) is 34.8 Å². The van der Waals surface area contributed by atoms with Crippen LogP contribution in [0, 0.1) is 13.8 Å². The Kier molecular flexibility index (Phi) is 7.69. The Morgan fingerprint density at radius 1 is 1.06 bits per heavy atom. The van der Waals surface area contributed by atoms with E-state index in [0.29, 0.717) is 22.8 Å². The molecule has 0 spiro atoms. The van der Waals surface area contributed by atoms with Crippen molar-refractivity contribution in [2.24, 2.45) is 0 Å². The number of methoxy groups -OCH3 is 1. The van der Waals surface area contributed by atoms with Crippen LogP contribution in [0.1, 0.15) is 18.3 Å². The van der Waals surface area contributed by atoms with Crippen molar-refractivity contribution >= 4 is 27.6 Å². The minimum atomic E-state index is -3.97. The van der Waals surface area contributed by atoms with E-state index >= 15 is 0 Å². The van der Waals surface area contributed by atoms with Crippen LogP contribution in [0.2, 0.25) is 0 Å². The third-order valence-corrected chi connectivity index (χ3v) is 6.51. The summed E-state index contributed by atoms with van der Waals surface area (Å²) in [6.07, 6.45) is 0. The van der Waals surface area contributed by atoms with Crippen LogP contribution < -0.4 is 14.8 Å².